The molecule has 3 heterocycles. The van der Waals surface area contributed by atoms with Gasteiger partial charge in [-0.15, -0.1) is 0 Å². The average molecular weight is 559 g/mol. The number of carbonyl (C=O) groups excluding carboxylic acids is 3. The molecule has 3 amide bonds. The van der Waals surface area contributed by atoms with Crippen LogP contribution < -0.4 is 15.8 Å². The molecule has 9 heteroatoms. The number of carbonyl (C=O) groups is 3. The number of piperidine rings is 2. The number of nitrogens with one attached hydrogen (secondary N) is 1. The topological polar surface area (TPSA) is 105 Å². The minimum absolute atomic E-state index is 0.0214. The molecule has 0 saturated carbocycles. The molecular formula is C32H35FN4O4. The van der Waals surface area contributed by atoms with Crippen molar-refractivity contribution in [2.45, 2.75) is 57.5 Å². The summed E-state index contributed by atoms with van der Waals surface area (Å²) in [5.74, 6) is -0.415. The van der Waals surface area contributed by atoms with Crippen molar-refractivity contribution in [1.82, 2.24) is 15.1 Å². The standard InChI is InChI=1S/C25H26FN3O4.C7H9N/c26-21-6-2-1-4-16(21)13-28-11-3-5-19(15-28)33-18-7-8-20-17(12-18)14-29(25(20)32)22-9-10-23(30)27-24(22)31;8-6-7-4-2-1-3-5-7/h1-2,4,6-8,12,19,22H,3,5,9-11,13-15H2,(H,27,30,31);1-5H,6,8H2. The maximum absolute atomic E-state index is 14.0. The van der Waals surface area contributed by atoms with Crippen molar-refractivity contribution >= 4 is 17.7 Å². The van der Waals surface area contributed by atoms with Crippen LogP contribution in [0.3, 0.4) is 0 Å². The van der Waals surface area contributed by atoms with Crippen LogP contribution in [-0.2, 0) is 29.2 Å². The zero-order valence-corrected chi connectivity index (χ0v) is 22.9. The minimum atomic E-state index is -0.628. The highest BCUT2D eigenvalue weighted by molar-refractivity contribution is 6.05. The van der Waals surface area contributed by atoms with Crippen LogP contribution in [0.2, 0.25) is 0 Å². The molecule has 2 unspecified atom stereocenters. The molecule has 41 heavy (non-hydrogen) atoms. The van der Waals surface area contributed by atoms with Crippen LogP contribution in [0.15, 0.2) is 72.8 Å². The predicted octanol–water partition coefficient (Wildman–Crippen LogP) is 3.78. The molecule has 0 bridgehead atoms. The third-order valence-electron chi connectivity index (χ3n) is 7.69. The summed E-state index contributed by atoms with van der Waals surface area (Å²) in [6, 6.07) is 21.6. The van der Waals surface area contributed by atoms with Crippen LogP contribution in [0.5, 0.6) is 5.75 Å². The van der Waals surface area contributed by atoms with Gasteiger partial charge in [0.1, 0.15) is 23.7 Å². The number of halogens is 1. The van der Waals surface area contributed by atoms with Gasteiger partial charge in [-0.05, 0) is 61.2 Å². The van der Waals surface area contributed by atoms with Crippen LogP contribution in [0.1, 0.15) is 52.7 Å². The Morgan fingerprint density at radius 3 is 2.49 bits per heavy atom. The number of amides is 3. The Morgan fingerprint density at radius 1 is 0.976 bits per heavy atom. The lowest BCUT2D eigenvalue weighted by Gasteiger charge is -2.33. The monoisotopic (exact) mass is 558 g/mol. The molecule has 6 rings (SSSR count). The lowest BCUT2D eigenvalue weighted by molar-refractivity contribution is -0.136. The molecule has 0 spiro atoms. The molecule has 2 atom stereocenters. The first-order chi connectivity index (χ1) is 19.9. The molecule has 3 aromatic carbocycles. The van der Waals surface area contributed by atoms with E-state index in [1.165, 1.54) is 16.5 Å². The molecule has 0 aliphatic carbocycles. The first-order valence-electron chi connectivity index (χ1n) is 14.0. The summed E-state index contributed by atoms with van der Waals surface area (Å²) in [4.78, 5) is 40.2. The maximum atomic E-state index is 14.0. The number of likely N-dealkylation sites (tertiary alicyclic amines) is 1. The zero-order valence-electron chi connectivity index (χ0n) is 22.9. The van der Waals surface area contributed by atoms with E-state index < -0.39 is 11.9 Å². The number of hydrogen-bond donors (Lipinski definition) is 2. The number of nitrogens with zero attached hydrogens (tertiary/aromatic N) is 2. The van der Waals surface area contributed by atoms with Crippen molar-refractivity contribution in [3.63, 3.8) is 0 Å². The van der Waals surface area contributed by atoms with E-state index in [4.69, 9.17) is 10.5 Å². The average Bonchev–Trinajstić information content (AvgIpc) is 3.30. The molecule has 0 radical (unpaired) electrons. The van der Waals surface area contributed by atoms with Crippen molar-refractivity contribution in [1.29, 1.82) is 0 Å². The molecule has 3 aliphatic heterocycles. The highest BCUT2D eigenvalue weighted by atomic mass is 19.1. The van der Waals surface area contributed by atoms with E-state index in [9.17, 15) is 18.8 Å². The summed E-state index contributed by atoms with van der Waals surface area (Å²) in [5.41, 5.74) is 8.61. The first kappa shape index (κ1) is 28.4. The number of imide groups is 1. The Balaban J connectivity index is 0.000000365. The van der Waals surface area contributed by atoms with E-state index in [0.717, 1.165) is 24.9 Å². The number of benzene rings is 3. The van der Waals surface area contributed by atoms with Gasteiger partial charge in [0.05, 0.1) is 0 Å². The number of hydrogen-bond acceptors (Lipinski definition) is 6. The molecule has 2 saturated heterocycles. The predicted molar refractivity (Wildman–Crippen MR) is 152 cm³/mol. The number of fused-ring (bicyclic) bond motifs is 1. The Kier molecular flexibility index (Phi) is 9.06. The molecule has 3 aromatic rings. The van der Waals surface area contributed by atoms with E-state index in [1.54, 1.807) is 18.2 Å². The van der Waals surface area contributed by atoms with Gasteiger partial charge < -0.3 is 15.4 Å². The summed E-state index contributed by atoms with van der Waals surface area (Å²) >= 11 is 0. The number of ether oxygens (including phenoxy) is 1. The molecular weight excluding hydrogens is 523 g/mol. The minimum Gasteiger partial charge on any atom is -0.489 e. The summed E-state index contributed by atoms with van der Waals surface area (Å²) in [6.45, 7) is 3.11. The van der Waals surface area contributed by atoms with E-state index in [2.05, 4.69) is 10.2 Å². The van der Waals surface area contributed by atoms with Gasteiger partial charge in [-0.25, -0.2) is 4.39 Å². The molecule has 3 aliphatic rings. The van der Waals surface area contributed by atoms with Crippen LogP contribution in [0.4, 0.5) is 4.39 Å². The Morgan fingerprint density at radius 2 is 1.76 bits per heavy atom. The van der Waals surface area contributed by atoms with Crippen LogP contribution in [0.25, 0.3) is 0 Å². The Labute approximate surface area is 239 Å². The molecule has 8 nitrogen and oxygen atoms in total. The highest BCUT2D eigenvalue weighted by Gasteiger charge is 2.39. The van der Waals surface area contributed by atoms with Crippen molar-refractivity contribution < 1.29 is 23.5 Å². The summed E-state index contributed by atoms with van der Waals surface area (Å²) < 4.78 is 20.3. The largest absolute Gasteiger partial charge is 0.489 e. The Hall–Kier alpha value is -4.08. The van der Waals surface area contributed by atoms with Gasteiger partial charge in [-0.3, -0.25) is 24.6 Å². The summed E-state index contributed by atoms with van der Waals surface area (Å²) in [6.07, 6.45) is 2.42. The van der Waals surface area contributed by atoms with Gasteiger partial charge >= 0.3 is 0 Å². The van der Waals surface area contributed by atoms with E-state index in [-0.39, 0.29) is 30.2 Å². The van der Waals surface area contributed by atoms with Gasteiger partial charge in [0.2, 0.25) is 11.8 Å². The second-order valence-electron chi connectivity index (χ2n) is 10.6. The van der Waals surface area contributed by atoms with Crippen LogP contribution in [-0.4, -0.2) is 52.8 Å². The SMILES string of the molecule is NCc1ccccc1.O=C1CCC(N2Cc3cc(OC4CCCN(Cc5ccccc5F)C4)ccc3C2=O)C(=O)N1. The highest BCUT2D eigenvalue weighted by Crippen LogP contribution is 2.31. The van der Waals surface area contributed by atoms with Gasteiger partial charge in [0.15, 0.2) is 0 Å². The fourth-order valence-electron chi connectivity index (χ4n) is 5.55. The van der Waals surface area contributed by atoms with Gasteiger partial charge in [-0.2, -0.15) is 0 Å². The zero-order chi connectivity index (χ0) is 28.8. The fourth-order valence-corrected chi connectivity index (χ4v) is 5.55. The van der Waals surface area contributed by atoms with Crippen molar-refractivity contribution in [2.75, 3.05) is 13.1 Å². The number of nitrogens with two attached hydrogens (primary N) is 1. The Bertz CT molecular complexity index is 1400. The summed E-state index contributed by atoms with van der Waals surface area (Å²) in [5, 5.41) is 2.32. The smallest absolute Gasteiger partial charge is 0.255 e. The van der Waals surface area contributed by atoms with E-state index in [1.807, 2.05) is 48.5 Å². The molecule has 2 fully saturated rings. The van der Waals surface area contributed by atoms with Gasteiger partial charge in [0, 0.05) is 43.7 Å². The van der Waals surface area contributed by atoms with Crippen molar-refractivity contribution in [3.8, 4) is 5.75 Å². The fraction of sp³-hybridized carbons (Fsp3) is 0.344. The molecule has 214 valence electrons. The van der Waals surface area contributed by atoms with Crippen LogP contribution in [0, 0.1) is 5.82 Å². The van der Waals surface area contributed by atoms with Gasteiger partial charge in [-0.1, -0.05) is 48.5 Å². The first-order valence-corrected chi connectivity index (χ1v) is 14.0. The van der Waals surface area contributed by atoms with Crippen LogP contribution >= 0.6 is 0 Å². The lowest BCUT2D eigenvalue weighted by Crippen LogP contribution is -2.52. The maximum Gasteiger partial charge on any atom is 0.255 e. The van der Waals surface area contributed by atoms with E-state index in [0.29, 0.717) is 49.5 Å². The third-order valence-corrected chi connectivity index (χ3v) is 7.69. The normalized spacial score (nSPS) is 20.6. The van der Waals surface area contributed by atoms with Gasteiger partial charge in [0.25, 0.3) is 5.91 Å². The van der Waals surface area contributed by atoms with E-state index >= 15 is 0 Å². The molecule has 0 aromatic heterocycles. The summed E-state index contributed by atoms with van der Waals surface area (Å²) in [7, 11) is 0. The third kappa shape index (κ3) is 6.99. The molecule has 3 N–H and O–H groups in total. The van der Waals surface area contributed by atoms with Crippen molar-refractivity contribution in [2.24, 2.45) is 5.73 Å². The second-order valence-corrected chi connectivity index (χ2v) is 10.6. The second kappa shape index (κ2) is 13.1. The number of rotatable bonds is 6. The van der Waals surface area contributed by atoms with Crippen molar-refractivity contribution in [3.05, 3.63) is 101 Å². The lowest BCUT2D eigenvalue weighted by atomic mass is 10.0. The quantitative estimate of drug-likeness (QED) is 0.447.